The molecule has 1 heterocycles. The van der Waals surface area contributed by atoms with Crippen LogP contribution in [0.25, 0.3) is 0 Å². The molecular weight excluding hydrogens is 547 g/mol. The molecule has 2 fully saturated rings. The molecule has 3 rings (SSSR count). The highest BCUT2D eigenvalue weighted by Gasteiger charge is 2.51. The number of carbonyl (C=O) groups excluding carboxylic acids is 3. The third-order valence-corrected chi connectivity index (χ3v) is 8.87. The predicted molar refractivity (Wildman–Crippen MR) is 167 cm³/mol. The first-order valence-electron chi connectivity index (χ1n) is 15.8. The third kappa shape index (κ3) is 9.70. The molecule has 240 valence electrons. The fourth-order valence-corrected chi connectivity index (χ4v) is 5.76. The highest BCUT2D eigenvalue weighted by molar-refractivity contribution is 6.45. The smallest absolute Gasteiger partial charge is 0.457 e. The first-order valence-corrected chi connectivity index (χ1v) is 15.8. The van der Waals surface area contributed by atoms with Gasteiger partial charge in [0.05, 0.1) is 16.6 Å². The summed E-state index contributed by atoms with van der Waals surface area (Å²) in [6, 6.07) is 8.69. The molecule has 1 aromatic carbocycles. The molecule has 10 heteroatoms. The van der Waals surface area contributed by atoms with Crippen LogP contribution in [-0.2, 0) is 35.0 Å². The Bertz CT molecular complexity index is 1090. The number of rotatable bonds is 12. The molecule has 1 saturated carbocycles. The van der Waals surface area contributed by atoms with E-state index in [0.29, 0.717) is 25.7 Å². The van der Waals surface area contributed by atoms with Gasteiger partial charge in [-0.05, 0) is 92.0 Å². The lowest BCUT2D eigenvalue weighted by atomic mass is 9.77. The van der Waals surface area contributed by atoms with Gasteiger partial charge in [0.25, 0.3) is 0 Å². The molecule has 1 aliphatic heterocycles. The van der Waals surface area contributed by atoms with E-state index in [1.807, 2.05) is 71.9 Å². The maximum absolute atomic E-state index is 13.7. The fourth-order valence-electron chi connectivity index (χ4n) is 5.76. The van der Waals surface area contributed by atoms with Crippen LogP contribution in [0.1, 0.15) is 106 Å². The Balaban J connectivity index is 1.63. The topological polar surface area (TPSA) is 112 Å². The maximum Gasteiger partial charge on any atom is 0.457 e. The lowest BCUT2D eigenvalue weighted by Gasteiger charge is -2.32. The second-order valence-electron chi connectivity index (χ2n) is 14.6. The molecule has 2 aliphatic rings. The van der Waals surface area contributed by atoms with Gasteiger partial charge in [-0.2, -0.15) is 0 Å². The Morgan fingerprint density at radius 2 is 1.65 bits per heavy atom. The van der Waals surface area contributed by atoms with Crippen LogP contribution in [0.5, 0.6) is 0 Å². The molecule has 0 bridgehead atoms. The van der Waals surface area contributed by atoms with E-state index in [1.54, 1.807) is 20.8 Å². The number of unbranched alkanes of at least 4 members (excludes halogenated alkanes) is 1. The van der Waals surface area contributed by atoms with Gasteiger partial charge in [-0.3, -0.25) is 9.59 Å². The molecule has 0 unspecified atom stereocenters. The summed E-state index contributed by atoms with van der Waals surface area (Å²) in [6.45, 7) is 17.5. The highest BCUT2D eigenvalue weighted by atomic mass is 16.7. The molecule has 2 N–H and O–H groups in total. The minimum absolute atomic E-state index is 0.149. The Hall–Kier alpha value is -2.59. The van der Waals surface area contributed by atoms with Gasteiger partial charge >= 0.3 is 19.2 Å². The van der Waals surface area contributed by atoms with Crippen molar-refractivity contribution in [3.05, 3.63) is 35.9 Å². The van der Waals surface area contributed by atoms with Crippen LogP contribution in [0.3, 0.4) is 0 Å². The van der Waals surface area contributed by atoms with E-state index < -0.39 is 23.2 Å². The van der Waals surface area contributed by atoms with Crippen molar-refractivity contribution in [3.63, 3.8) is 0 Å². The van der Waals surface area contributed by atoms with Crippen LogP contribution in [0.2, 0.25) is 6.32 Å². The van der Waals surface area contributed by atoms with Crippen molar-refractivity contribution in [2.45, 2.75) is 143 Å². The number of benzene rings is 1. The standard InChI is InChI=1S/C33H53BN2O7/c1-23(2)26(36-29(39)41-30(3,4)5)27(37)35-25-17-19-33(21-25,28(38)40-22-24-15-11-10-12-16-24)18-13-14-20-34-42-31(6,7)32(8,9)43-34/h10-12,15-16,23,25-26H,13-14,17-22H2,1-9H3,(H,35,37)(H,36,39)/t25-,26-,33+/m0/s1. The summed E-state index contributed by atoms with van der Waals surface area (Å²) in [6.07, 6.45) is 4.17. The number of amides is 2. The van der Waals surface area contributed by atoms with Gasteiger partial charge in [-0.1, -0.05) is 57.0 Å². The lowest BCUT2D eigenvalue weighted by molar-refractivity contribution is -0.158. The fraction of sp³-hybridized carbons (Fsp3) is 0.727. The van der Waals surface area contributed by atoms with Crippen molar-refractivity contribution in [2.75, 3.05) is 0 Å². The predicted octanol–water partition coefficient (Wildman–Crippen LogP) is 6.20. The summed E-state index contributed by atoms with van der Waals surface area (Å²) >= 11 is 0. The van der Waals surface area contributed by atoms with Crippen molar-refractivity contribution in [2.24, 2.45) is 11.3 Å². The van der Waals surface area contributed by atoms with Crippen molar-refractivity contribution < 1.29 is 33.2 Å². The Morgan fingerprint density at radius 1 is 1.02 bits per heavy atom. The molecule has 1 aliphatic carbocycles. The second-order valence-corrected chi connectivity index (χ2v) is 14.6. The maximum atomic E-state index is 13.7. The van der Waals surface area contributed by atoms with E-state index in [9.17, 15) is 14.4 Å². The van der Waals surface area contributed by atoms with Gasteiger partial charge in [0.1, 0.15) is 18.2 Å². The molecule has 3 atom stereocenters. The molecule has 0 aromatic heterocycles. The van der Waals surface area contributed by atoms with Crippen molar-refractivity contribution >= 4 is 25.1 Å². The van der Waals surface area contributed by atoms with Gasteiger partial charge in [0, 0.05) is 6.04 Å². The van der Waals surface area contributed by atoms with Gasteiger partial charge in [-0.25, -0.2) is 4.79 Å². The summed E-state index contributed by atoms with van der Waals surface area (Å²) in [5, 5.41) is 5.83. The van der Waals surface area contributed by atoms with E-state index in [0.717, 1.165) is 24.7 Å². The summed E-state index contributed by atoms with van der Waals surface area (Å²) in [4.78, 5) is 39.4. The molecule has 9 nitrogen and oxygen atoms in total. The number of ether oxygens (including phenoxy) is 2. The second kappa shape index (κ2) is 14.0. The summed E-state index contributed by atoms with van der Waals surface area (Å²) in [7, 11) is -0.271. The first kappa shape index (κ1) is 34.9. The minimum atomic E-state index is -0.755. The van der Waals surface area contributed by atoms with Gasteiger partial charge in [0.2, 0.25) is 5.91 Å². The molecule has 1 aromatic rings. The number of alkyl carbamates (subject to hydrolysis) is 1. The number of hydrogen-bond acceptors (Lipinski definition) is 7. The van der Waals surface area contributed by atoms with Crippen LogP contribution in [0.4, 0.5) is 4.79 Å². The zero-order valence-electron chi connectivity index (χ0n) is 27.7. The van der Waals surface area contributed by atoms with E-state index in [4.69, 9.17) is 18.8 Å². The Labute approximate surface area is 258 Å². The minimum Gasteiger partial charge on any atom is -0.460 e. The first-order chi connectivity index (χ1) is 19.9. The average Bonchev–Trinajstić information content (AvgIpc) is 3.39. The molecular formula is C33H53BN2O7. The zero-order chi connectivity index (χ0) is 32.1. The molecule has 0 spiro atoms. The number of nitrogens with one attached hydrogen (secondary N) is 2. The molecule has 0 radical (unpaired) electrons. The summed E-state index contributed by atoms with van der Waals surface area (Å²) < 4.78 is 23.5. The summed E-state index contributed by atoms with van der Waals surface area (Å²) in [5.41, 5.74) is -1.18. The number of esters is 1. The SMILES string of the molecule is CC(C)[C@H](NC(=O)OC(C)(C)C)C(=O)N[C@H]1CC[C@@](CCCCB2OC(C)(C)C(C)(C)O2)(C(=O)OCc2ccccc2)C1. The van der Waals surface area contributed by atoms with E-state index in [-0.39, 0.29) is 48.8 Å². The Kier molecular flexibility index (Phi) is 11.4. The number of carbonyl (C=O) groups is 3. The quantitative estimate of drug-likeness (QED) is 0.167. The Morgan fingerprint density at radius 3 is 2.23 bits per heavy atom. The number of hydrogen-bond donors (Lipinski definition) is 2. The third-order valence-electron chi connectivity index (χ3n) is 8.87. The van der Waals surface area contributed by atoms with Crippen LogP contribution in [0, 0.1) is 11.3 Å². The largest absolute Gasteiger partial charge is 0.460 e. The lowest BCUT2D eigenvalue weighted by Crippen LogP contribution is -2.52. The van der Waals surface area contributed by atoms with E-state index in [1.165, 1.54) is 0 Å². The van der Waals surface area contributed by atoms with E-state index in [2.05, 4.69) is 10.6 Å². The molecule has 2 amide bonds. The van der Waals surface area contributed by atoms with E-state index >= 15 is 0 Å². The molecule has 43 heavy (non-hydrogen) atoms. The van der Waals surface area contributed by atoms with Gasteiger partial charge < -0.3 is 29.4 Å². The van der Waals surface area contributed by atoms with Crippen LogP contribution < -0.4 is 10.6 Å². The van der Waals surface area contributed by atoms with Crippen molar-refractivity contribution in [1.82, 2.24) is 10.6 Å². The summed E-state index contributed by atoms with van der Waals surface area (Å²) in [5.74, 6) is -0.652. The average molecular weight is 601 g/mol. The van der Waals surface area contributed by atoms with Gasteiger partial charge in [0.15, 0.2) is 0 Å². The monoisotopic (exact) mass is 600 g/mol. The van der Waals surface area contributed by atoms with Crippen LogP contribution in [0.15, 0.2) is 30.3 Å². The molecule has 1 saturated heterocycles. The van der Waals surface area contributed by atoms with Crippen molar-refractivity contribution in [1.29, 1.82) is 0 Å². The van der Waals surface area contributed by atoms with Crippen LogP contribution in [-0.4, -0.2) is 54.0 Å². The zero-order valence-corrected chi connectivity index (χ0v) is 27.7. The van der Waals surface area contributed by atoms with Crippen LogP contribution >= 0.6 is 0 Å². The van der Waals surface area contributed by atoms with Gasteiger partial charge in [-0.15, -0.1) is 0 Å². The van der Waals surface area contributed by atoms with Crippen molar-refractivity contribution in [3.8, 4) is 0 Å². The normalized spacial score (nSPS) is 23.6. The highest BCUT2D eigenvalue weighted by Crippen LogP contribution is 2.45.